The molecule has 1 saturated carbocycles. The van der Waals surface area contributed by atoms with Crippen molar-refractivity contribution in [1.82, 2.24) is 14.9 Å². The molecule has 0 spiro atoms. The molecule has 0 bridgehead atoms. The summed E-state index contributed by atoms with van der Waals surface area (Å²) >= 11 is 6.47. The summed E-state index contributed by atoms with van der Waals surface area (Å²) in [6, 6.07) is 5.41. The zero-order chi connectivity index (χ0) is 28.8. The van der Waals surface area contributed by atoms with E-state index in [0.29, 0.717) is 34.8 Å². The molecule has 4 heterocycles. The SMILES string of the molecule is CC[C@@]1(O)C(=O)OCc2c1cc1n(c2=O)Cc2c-1nc1cc(Cl)c(C)cc1c2CNC(=O)C1(OC(C)(C)C)CC1. The molecule has 6 rings (SSSR count). The number of aromatic nitrogens is 2. The molecule has 0 unspecified atom stereocenters. The Bertz CT molecular complexity index is 1680. The van der Waals surface area contributed by atoms with Crippen LogP contribution in [0.5, 0.6) is 0 Å². The maximum absolute atomic E-state index is 13.7. The average Bonchev–Trinajstić information content (AvgIpc) is 3.57. The maximum Gasteiger partial charge on any atom is 0.343 e. The number of amides is 1. The quantitative estimate of drug-likeness (QED) is 0.351. The smallest absolute Gasteiger partial charge is 0.343 e. The molecule has 1 amide bonds. The van der Waals surface area contributed by atoms with E-state index < -0.39 is 22.8 Å². The van der Waals surface area contributed by atoms with Crippen LogP contribution in [0, 0.1) is 6.92 Å². The lowest BCUT2D eigenvalue weighted by molar-refractivity contribution is -0.172. The molecule has 0 radical (unpaired) electrons. The van der Waals surface area contributed by atoms with Crippen LogP contribution in [-0.2, 0) is 44.4 Å². The molecule has 40 heavy (non-hydrogen) atoms. The summed E-state index contributed by atoms with van der Waals surface area (Å²) < 4.78 is 12.9. The number of ether oxygens (including phenoxy) is 2. The molecule has 10 heteroatoms. The van der Waals surface area contributed by atoms with Crippen LogP contribution in [0.2, 0.25) is 5.02 Å². The Labute approximate surface area is 236 Å². The normalized spacial score (nSPS) is 20.5. The van der Waals surface area contributed by atoms with Gasteiger partial charge in [-0.15, -0.1) is 0 Å². The van der Waals surface area contributed by atoms with Gasteiger partial charge in [-0.2, -0.15) is 0 Å². The second-order valence-electron chi connectivity index (χ2n) is 12.0. The minimum atomic E-state index is -1.91. The number of nitrogens with zero attached hydrogens (tertiary/aromatic N) is 2. The third-order valence-electron chi connectivity index (χ3n) is 8.13. The van der Waals surface area contributed by atoms with Crippen LogP contribution in [0.25, 0.3) is 22.3 Å². The van der Waals surface area contributed by atoms with E-state index in [4.69, 9.17) is 26.1 Å². The number of aryl methyl sites for hydroxylation is 1. The Morgan fingerprint density at radius 2 is 1.95 bits per heavy atom. The number of hydrogen-bond acceptors (Lipinski definition) is 7. The lowest BCUT2D eigenvalue weighted by atomic mass is 9.86. The van der Waals surface area contributed by atoms with E-state index in [1.807, 2.05) is 33.8 Å². The number of hydrogen-bond donors (Lipinski definition) is 2. The van der Waals surface area contributed by atoms with Gasteiger partial charge in [0.25, 0.3) is 11.5 Å². The van der Waals surface area contributed by atoms with E-state index in [1.165, 1.54) is 0 Å². The van der Waals surface area contributed by atoms with Crippen molar-refractivity contribution in [2.45, 2.75) is 90.4 Å². The fraction of sp³-hybridized carbons (Fsp3) is 0.467. The standard InChI is InChI=1S/C30H32ClN3O6/c1-6-30(38)20-10-23-24-18(13-34(23)25(35)19(20)14-39-27(30)37)17(16-9-15(2)21(31)11-22(16)33-24)12-32-26(36)29(7-8-29)40-28(3,4)5/h9-11,38H,6-8,12-14H2,1-5H3,(H,32,36)/t30-/m0/s1. The third kappa shape index (κ3) is 4.05. The Hall–Kier alpha value is -3.27. The summed E-state index contributed by atoms with van der Waals surface area (Å²) in [5, 5.41) is 15.7. The van der Waals surface area contributed by atoms with Gasteiger partial charge in [0.2, 0.25) is 0 Å². The van der Waals surface area contributed by atoms with Crippen LogP contribution in [0.15, 0.2) is 23.0 Å². The van der Waals surface area contributed by atoms with Crippen molar-refractivity contribution in [3.63, 3.8) is 0 Å². The summed E-state index contributed by atoms with van der Waals surface area (Å²) in [6.07, 6.45) is 1.38. The first-order chi connectivity index (χ1) is 18.8. The van der Waals surface area contributed by atoms with Crippen molar-refractivity contribution in [1.29, 1.82) is 0 Å². The largest absolute Gasteiger partial charge is 0.458 e. The molecular weight excluding hydrogens is 534 g/mol. The second-order valence-corrected chi connectivity index (χ2v) is 12.4. The summed E-state index contributed by atoms with van der Waals surface area (Å²) in [4.78, 5) is 44.4. The Morgan fingerprint density at radius 1 is 1.23 bits per heavy atom. The molecule has 1 atom stereocenters. The molecule has 2 aliphatic heterocycles. The highest BCUT2D eigenvalue weighted by molar-refractivity contribution is 6.32. The number of fused-ring (bicyclic) bond motifs is 5. The minimum Gasteiger partial charge on any atom is -0.458 e. The predicted octanol–water partition coefficient (Wildman–Crippen LogP) is 4.01. The van der Waals surface area contributed by atoms with Crippen molar-refractivity contribution < 1.29 is 24.2 Å². The van der Waals surface area contributed by atoms with Gasteiger partial charge >= 0.3 is 5.97 Å². The first kappa shape index (κ1) is 26.9. The van der Waals surface area contributed by atoms with E-state index >= 15 is 0 Å². The first-order valence-electron chi connectivity index (χ1n) is 13.6. The molecule has 2 N–H and O–H groups in total. The number of carbonyl (C=O) groups is 2. The lowest BCUT2D eigenvalue weighted by Crippen LogP contribution is -2.44. The number of cyclic esters (lactones) is 1. The van der Waals surface area contributed by atoms with Gasteiger partial charge < -0.3 is 24.5 Å². The van der Waals surface area contributed by atoms with E-state index in [2.05, 4.69) is 5.32 Å². The van der Waals surface area contributed by atoms with Crippen molar-refractivity contribution in [2.75, 3.05) is 0 Å². The van der Waals surface area contributed by atoms with Crippen LogP contribution in [0.3, 0.4) is 0 Å². The fourth-order valence-corrected chi connectivity index (χ4v) is 6.06. The molecule has 9 nitrogen and oxygen atoms in total. The first-order valence-corrected chi connectivity index (χ1v) is 13.9. The van der Waals surface area contributed by atoms with Gasteiger partial charge in [-0.05, 0) is 76.3 Å². The van der Waals surface area contributed by atoms with E-state index in [0.717, 1.165) is 22.1 Å². The summed E-state index contributed by atoms with van der Waals surface area (Å²) in [5.41, 5.74) is 1.14. The molecule has 0 saturated heterocycles. The Kier molecular flexibility index (Phi) is 5.97. The third-order valence-corrected chi connectivity index (χ3v) is 8.54. The molecule has 3 aromatic rings. The zero-order valence-electron chi connectivity index (χ0n) is 23.2. The molecule has 1 aromatic carbocycles. The van der Waals surface area contributed by atoms with Gasteiger partial charge in [0.05, 0.1) is 34.6 Å². The summed E-state index contributed by atoms with van der Waals surface area (Å²) in [6.45, 7) is 9.61. The summed E-state index contributed by atoms with van der Waals surface area (Å²) in [5.74, 6) is -0.938. The van der Waals surface area contributed by atoms with Gasteiger partial charge in [0, 0.05) is 28.1 Å². The van der Waals surface area contributed by atoms with Crippen LogP contribution in [0.4, 0.5) is 0 Å². The number of esters is 1. The summed E-state index contributed by atoms with van der Waals surface area (Å²) in [7, 11) is 0. The van der Waals surface area contributed by atoms with Crippen LogP contribution >= 0.6 is 11.6 Å². The van der Waals surface area contributed by atoms with Gasteiger partial charge in [-0.3, -0.25) is 9.59 Å². The van der Waals surface area contributed by atoms with Gasteiger partial charge in [-0.25, -0.2) is 9.78 Å². The highest BCUT2D eigenvalue weighted by Gasteiger charge is 2.53. The maximum atomic E-state index is 13.7. The number of halogens is 1. The van der Waals surface area contributed by atoms with E-state index in [9.17, 15) is 19.5 Å². The number of pyridine rings is 2. The number of aliphatic hydroxyl groups is 1. The number of carbonyl (C=O) groups excluding carboxylic acids is 2. The topological polar surface area (TPSA) is 120 Å². The number of rotatable bonds is 5. The average molecular weight is 566 g/mol. The molecule has 1 fully saturated rings. The highest BCUT2D eigenvalue weighted by Crippen LogP contribution is 2.44. The van der Waals surface area contributed by atoms with Crippen molar-refractivity contribution in [3.8, 4) is 11.4 Å². The van der Waals surface area contributed by atoms with Crippen LogP contribution in [0.1, 0.15) is 74.8 Å². The Morgan fingerprint density at radius 3 is 2.60 bits per heavy atom. The van der Waals surface area contributed by atoms with Crippen molar-refractivity contribution in [2.24, 2.45) is 0 Å². The minimum absolute atomic E-state index is 0.0598. The zero-order valence-corrected chi connectivity index (χ0v) is 24.0. The highest BCUT2D eigenvalue weighted by atomic mass is 35.5. The van der Waals surface area contributed by atoms with Gasteiger partial charge in [0.15, 0.2) is 5.60 Å². The molecular formula is C30H32ClN3O6. The second kappa shape index (κ2) is 8.86. The molecule has 1 aliphatic carbocycles. The van der Waals surface area contributed by atoms with Gasteiger partial charge in [-0.1, -0.05) is 18.5 Å². The fourth-order valence-electron chi connectivity index (χ4n) is 5.90. The molecule has 210 valence electrons. The molecule has 2 aromatic heterocycles. The van der Waals surface area contributed by atoms with E-state index in [-0.39, 0.29) is 48.7 Å². The van der Waals surface area contributed by atoms with Crippen LogP contribution in [-0.4, -0.2) is 37.7 Å². The number of nitrogens with one attached hydrogen (secondary N) is 1. The van der Waals surface area contributed by atoms with Gasteiger partial charge in [0.1, 0.15) is 12.2 Å². The Balaban J connectivity index is 1.48. The lowest BCUT2D eigenvalue weighted by Gasteiger charge is -2.31. The van der Waals surface area contributed by atoms with E-state index in [1.54, 1.807) is 23.6 Å². The monoisotopic (exact) mass is 565 g/mol. The van der Waals surface area contributed by atoms with Crippen molar-refractivity contribution in [3.05, 3.63) is 61.4 Å². The van der Waals surface area contributed by atoms with Crippen molar-refractivity contribution >= 4 is 34.4 Å². The predicted molar refractivity (Wildman–Crippen MR) is 149 cm³/mol. The van der Waals surface area contributed by atoms with Crippen LogP contribution < -0.4 is 10.9 Å². The molecule has 3 aliphatic rings. The number of benzene rings is 1.